The van der Waals surface area contributed by atoms with E-state index in [0.29, 0.717) is 18.5 Å². The van der Waals surface area contributed by atoms with Gasteiger partial charge in [-0.2, -0.15) is 0 Å². The molecule has 1 amide bonds. The summed E-state index contributed by atoms with van der Waals surface area (Å²) in [7, 11) is 0. The van der Waals surface area contributed by atoms with E-state index in [9.17, 15) is 19.5 Å². The minimum atomic E-state index is -1.04. The molecule has 2 aromatic rings. The lowest BCUT2D eigenvalue weighted by Crippen LogP contribution is -2.45. The summed E-state index contributed by atoms with van der Waals surface area (Å²) in [4.78, 5) is 35.9. The van der Waals surface area contributed by atoms with Crippen molar-refractivity contribution in [1.29, 1.82) is 0 Å². The highest BCUT2D eigenvalue weighted by atomic mass is 16.6. The zero-order valence-electron chi connectivity index (χ0n) is 19.1. The maximum absolute atomic E-state index is 12.2. The van der Waals surface area contributed by atoms with Crippen LogP contribution >= 0.6 is 0 Å². The molecule has 0 unspecified atom stereocenters. The first-order valence-electron chi connectivity index (χ1n) is 10.9. The number of ether oxygens (including phenoxy) is 1. The number of aliphatic carboxylic acids is 2. The number of carboxylic acid groups (broad SMARTS) is 2. The smallest absolute Gasteiger partial charge is 0.411 e. The molecule has 4 rings (SSSR count). The molecule has 33 heavy (non-hydrogen) atoms. The fourth-order valence-corrected chi connectivity index (χ4v) is 4.08. The van der Waals surface area contributed by atoms with Crippen LogP contribution in [0.2, 0.25) is 0 Å². The van der Waals surface area contributed by atoms with Crippen LogP contribution in [0.3, 0.4) is 0 Å². The monoisotopic (exact) mass is 454 g/mol. The topological polar surface area (TPSA) is 116 Å². The molecule has 2 aliphatic rings. The average molecular weight is 455 g/mol. The van der Waals surface area contributed by atoms with Crippen LogP contribution in [0.25, 0.3) is 0 Å². The molecule has 0 aromatic heterocycles. The highest BCUT2D eigenvalue weighted by molar-refractivity contribution is 5.82. The van der Waals surface area contributed by atoms with Crippen molar-refractivity contribution in [1.82, 2.24) is 10.2 Å². The Morgan fingerprint density at radius 3 is 2.06 bits per heavy atom. The van der Waals surface area contributed by atoms with Gasteiger partial charge in [-0.05, 0) is 55.9 Å². The van der Waals surface area contributed by atoms with Crippen molar-refractivity contribution in [2.24, 2.45) is 0 Å². The number of nitrogens with zero attached hydrogens (tertiary/aromatic N) is 1. The number of nitrogens with one attached hydrogen (secondary N) is 1. The number of hydrogen-bond donors (Lipinski definition) is 3. The van der Waals surface area contributed by atoms with E-state index < -0.39 is 35.7 Å². The van der Waals surface area contributed by atoms with E-state index in [-0.39, 0.29) is 0 Å². The Labute approximate surface area is 193 Å². The summed E-state index contributed by atoms with van der Waals surface area (Å²) < 4.78 is 5.30. The highest BCUT2D eigenvalue weighted by Gasteiger charge is 2.37. The van der Waals surface area contributed by atoms with Crippen LogP contribution in [0.5, 0.6) is 0 Å². The second-order valence-corrected chi connectivity index (χ2v) is 9.04. The largest absolute Gasteiger partial charge is 0.480 e. The number of benzene rings is 2. The molecular formula is C25H30N2O6. The average Bonchev–Trinajstić information content (AvgIpc) is 2.77. The summed E-state index contributed by atoms with van der Waals surface area (Å²) in [6.45, 7) is 6.38. The number of carboxylic acids is 2. The molecule has 0 bridgehead atoms. The molecule has 8 nitrogen and oxygen atoms in total. The number of hydrogen-bond acceptors (Lipinski definition) is 5. The van der Waals surface area contributed by atoms with E-state index in [4.69, 9.17) is 9.84 Å². The lowest BCUT2D eigenvalue weighted by atomic mass is 9.93. The standard InChI is InChI=1S/C15H19NO4.C10H11NO2/c1-15(2,3)20-14(19)16-9-8-10-6-4-5-7-11(10)12(16)13(17)18;12-10(13)9-8-4-2-1-3-7(8)5-6-11-9/h4-7,12H,8-9H2,1-3H3,(H,17,18);1-4,9,11H,5-6H2,(H,12,13)/t12-;9-/m11/s1. The van der Waals surface area contributed by atoms with Crippen LogP contribution in [0.1, 0.15) is 55.1 Å². The van der Waals surface area contributed by atoms with Crippen LogP contribution in [0.15, 0.2) is 48.5 Å². The van der Waals surface area contributed by atoms with Gasteiger partial charge in [0.15, 0.2) is 6.04 Å². The van der Waals surface area contributed by atoms with Gasteiger partial charge in [0, 0.05) is 13.1 Å². The lowest BCUT2D eigenvalue weighted by molar-refractivity contribution is -0.144. The van der Waals surface area contributed by atoms with Crippen LogP contribution in [0, 0.1) is 0 Å². The molecule has 176 valence electrons. The molecule has 2 atom stereocenters. The van der Waals surface area contributed by atoms with E-state index in [1.165, 1.54) is 4.90 Å². The molecule has 0 saturated carbocycles. The van der Waals surface area contributed by atoms with Crippen molar-refractivity contribution in [3.05, 3.63) is 70.8 Å². The van der Waals surface area contributed by atoms with Crippen molar-refractivity contribution in [3.63, 3.8) is 0 Å². The van der Waals surface area contributed by atoms with Crippen molar-refractivity contribution in [3.8, 4) is 0 Å². The molecule has 2 heterocycles. The molecular weight excluding hydrogens is 424 g/mol. The third-order valence-electron chi connectivity index (χ3n) is 5.50. The fraction of sp³-hybridized carbons (Fsp3) is 0.400. The molecule has 0 aliphatic carbocycles. The number of carbonyl (C=O) groups is 3. The molecule has 8 heteroatoms. The second-order valence-electron chi connectivity index (χ2n) is 9.04. The van der Waals surface area contributed by atoms with Gasteiger partial charge < -0.3 is 20.3 Å². The van der Waals surface area contributed by atoms with Gasteiger partial charge in [-0.25, -0.2) is 9.59 Å². The number of carbonyl (C=O) groups excluding carboxylic acids is 1. The van der Waals surface area contributed by atoms with Crippen LogP contribution in [-0.2, 0) is 27.2 Å². The van der Waals surface area contributed by atoms with Gasteiger partial charge in [0.05, 0.1) is 0 Å². The van der Waals surface area contributed by atoms with Crippen LogP contribution < -0.4 is 5.32 Å². The van der Waals surface area contributed by atoms with Gasteiger partial charge in [-0.1, -0.05) is 48.5 Å². The van der Waals surface area contributed by atoms with Crippen molar-refractivity contribution in [2.75, 3.05) is 13.1 Å². The first-order valence-corrected chi connectivity index (χ1v) is 10.9. The Morgan fingerprint density at radius 2 is 1.48 bits per heavy atom. The van der Waals surface area contributed by atoms with E-state index >= 15 is 0 Å². The van der Waals surface area contributed by atoms with Gasteiger partial charge in [-0.3, -0.25) is 9.69 Å². The van der Waals surface area contributed by atoms with Crippen molar-refractivity contribution in [2.45, 2.75) is 51.3 Å². The molecule has 0 saturated heterocycles. The number of amides is 1. The molecule has 3 N–H and O–H groups in total. The minimum Gasteiger partial charge on any atom is -0.480 e. The number of rotatable bonds is 2. The summed E-state index contributed by atoms with van der Waals surface area (Å²) in [5.74, 6) is -1.84. The Balaban J connectivity index is 0.000000203. The quantitative estimate of drug-likeness (QED) is 0.635. The first-order chi connectivity index (χ1) is 15.6. The molecule has 2 aromatic carbocycles. The summed E-state index contributed by atoms with van der Waals surface area (Å²) in [6.07, 6.45) is 0.971. The Kier molecular flexibility index (Phi) is 7.38. The van der Waals surface area contributed by atoms with Gasteiger partial charge in [0.25, 0.3) is 0 Å². The van der Waals surface area contributed by atoms with Crippen LogP contribution in [0.4, 0.5) is 4.79 Å². The Morgan fingerprint density at radius 1 is 0.909 bits per heavy atom. The molecule has 2 aliphatic heterocycles. The van der Waals surface area contributed by atoms with E-state index in [1.807, 2.05) is 36.4 Å². The summed E-state index contributed by atoms with van der Waals surface area (Å²) in [5.41, 5.74) is 3.05. The second kappa shape index (κ2) is 10.0. The zero-order valence-corrected chi connectivity index (χ0v) is 19.1. The van der Waals surface area contributed by atoms with Gasteiger partial charge in [0.1, 0.15) is 11.6 Å². The predicted molar refractivity (Wildman–Crippen MR) is 122 cm³/mol. The minimum absolute atomic E-state index is 0.350. The Hall–Kier alpha value is -3.39. The van der Waals surface area contributed by atoms with E-state index in [0.717, 1.165) is 29.7 Å². The van der Waals surface area contributed by atoms with E-state index in [2.05, 4.69) is 5.32 Å². The van der Waals surface area contributed by atoms with Gasteiger partial charge in [0.2, 0.25) is 0 Å². The van der Waals surface area contributed by atoms with E-state index in [1.54, 1.807) is 32.9 Å². The fourth-order valence-electron chi connectivity index (χ4n) is 4.08. The maximum atomic E-state index is 12.2. The molecule has 0 spiro atoms. The SMILES string of the molecule is CC(C)(C)OC(=O)N1CCc2ccccc2[C@@H]1C(=O)O.O=C(O)[C@@H]1NCCc2ccccc21. The summed E-state index contributed by atoms with van der Waals surface area (Å²) in [6, 6.07) is 13.5. The summed E-state index contributed by atoms with van der Waals surface area (Å²) in [5, 5.41) is 21.4. The number of fused-ring (bicyclic) bond motifs is 2. The summed E-state index contributed by atoms with van der Waals surface area (Å²) >= 11 is 0. The van der Waals surface area contributed by atoms with Crippen molar-refractivity contribution >= 4 is 18.0 Å². The van der Waals surface area contributed by atoms with Crippen LogP contribution in [-0.4, -0.2) is 51.8 Å². The van der Waals surface area contributed by atoms with Gasteiger partial charge in [-0.15, -0.1) is 0 Å². The highest BCUT2D eigenvalue weighted by Crippen LogP contribution is 2.31. The zero-order chi connectivity index (χ0) is 24.2. The normalized spacial score (nSPS) is 19.3. The third kappa shape index (κ3) is 5.90. The predicted octanol–water partition coefficient (Wildman–Crippen LogP) is 3.56. The Bertz CT molecular complexity index is 1030. The van der Waals surface area contributed by atoms with Crippen molar-refractivity contribution < 1.29 is 29.3 Å². The lowest BCUT2D eigenvalue weighted by Gasteiger charge is -2.35. The van der Waals surface area contributed by atoms with Gasteiger partial charge >= 0.3 is 18.0 Å². The maximum Gasteiger partial charge on any atom is 0.411 e. The third-order valence-corrected chi connectivity index (χ3v) is 5.50. The molecule has 0 radical (unpaired) electrons. The molecule has 0 fully saturated rings. The first kappa shape index (κ1) is 24.3.